The lowest BCUT2D eigenvalue weighted by molar-refractivity contribution is -0.119. The Morgan fingerprint density at radius 3 is 2.84 bits per heavy atom. The summed E-state index contributed by atoms with van der Waals surface area (Å²) in [4.78, 5) is 25.0. The first kappa shape index (κ1) is 12.2. The van der Waals surface area contributed by atoms with Gasteiger partial charge in [-0.15, -0.1) is 0 Å². The Labute approximate surface area is 109 Å². The fourth-order valence-corrected chi connectivity index (χ4v) is 2.50. The van der Waals surface area contributed by atoms with E-state index >= 15 is 0 Å². The molecular weight excluding hydrogens is 246 g/mol. The highest BCUT2D eigenvalue weighted by Gasteiger charge is 2.40. The molecule has 0 atom stereocenters. The van der Waals surface area contributed by atoms with Gasteiger partial charge in [0.1, 0.15) is 5.78 Å². The number of oxazole rings is 1. The number of fused-ring (bicyclic) bond motifs is 1. The maximum atomic E-state index is 11.2. The fourth-order valence-electron chi connectivity index (χ4n) is 2.50. The van der Waals surface area contributed by atoms with E-state index in [0.29, 0.717) is 30.7 Å². The molecule has 1 aromatic carbocycles. The minimum Gasteiger partial charge on any atom is -0.408 e. The van der Waals surface area contributed by atoms with Crippen LogP contribution in [0, 0.1) is 0 Å². The second-order valence-corrected chi connectivity index (χ2v) is 5.20. The van der Waals surface area contributed by atoms with Gasteiger partial charge in [0.15, 0.2) is 5.58 Å². The lowest BCUT2D eigenvalue weighted by Crippen LogP contribution is -2.46. The maximum Gasteiger partial charge on any atom is 0.417 e. The zero-order valence-corrected chi connectivity index (χ0v) is 10.7. The molecule has 0 saturated carbocycles. The molecule has 100 valence electrons. The Kier molecular flexibility index (Phi) is 2.78. The van der Waals surface area contributed by atoms with Crippen molar-refractivity contribution >= 4 is 16.9 Å². The number of aromatic nitrogens is 1. The SMILES string of the molecule is CC(=O)CCC1(c2ccc3oc(=O)[nH]c3c2)COC1. The first-order valence-electron chi connectivity index (χ1n) is 6.30. The largest absolute Gasteiger partial charge is 0.417 e. The molecule has 1 aliphatic rings. The minimum atomic E-state index is -0.449. The Balaban J connectivity index is 1.96. The summed E-state index contributed by atoms with van der Waals surface area (Å²) in [6.45, 7) is 2.84. The number of hydrogen-bond donors (Lipinski definition) is 1. The fraction of sp³-hybridized carbons (Fsp3) is 0.429. The summed E-state index contributed by atoms with van der Waals surface area (Å²) in [6.07, 6.45) is 1.32. The van der Waals surface area contributed by atoms with Crippen LogP contribution in [0.3, 0.4) is 0 Å². The highest BCUT2D eigenvalue weighted by molar-refractivity contribution is 5.76. The molecule has 1 saturated heterocycles. The number of rotatable bonds is 4. The molecule has 1 aromatic heterocycles. The Bertz CT molecular complexity index is 678. The molecule has 19 heavy (non-hydrogen) atoms. The van der Waals surface area contributed by atoms with Gasteiger partial charge in [0.2, 0.25) is 0 Å². The summed E-state index contributed by atoms with van der Waals surface area (Å²) in [6, 6.07) is 5.65. The normalized spacial score (nSPS) is 17.3. The van der Waals surface area contributed by atoms with Crippen molar-refractivity contribution in [3.63, 3.8) is 0 Å². The van der Waals surface area contributed by atoms with Crippen LogP contribution in [0.5, 0.6) is 0 Å². The van der Waals surface area contributed by atoms with Crippen LogP contribution in [0.4, 0.5) is 0 Å². The smallest absolute Gasteiger partial charge is 0.408 e. The van der Waals surface area contributed by atoms with Crippen LogP contribution in [0.25, 0.3) is 11.1 Å². The minimum absolute atomic E-state index is 0.103. The number of ether oxygens (including phenoxy) is 1. The van der Waals surface area contributed by atoms with E-state index in [1.165, 1.54) is 0 Å². The van der Waals surface area contributed by atoms with Gasteiger partial charge in [0.05, 0.1) is 18.7 Å². The number of ketones is 1. The van der Waals surface area contributed by atoms with Crippen LogP contribution in [0.15, 0.2) is 27.4 Å². The molecule has 1 fully saturated rings. The van der Waals surface area contributed by atoms with Crippen LogP contribution in [-0.4, -0.2) is 24.0 Å². The predicted molar refractivity (Wildman–Crippen MR) is 69.2 cm³/mol. The number of carbonyl (C=O) groups excluding carboxylic acids is 1. The van der Waals surface area contributed by atoms with Crippen molar-refractivity contribution in [2.45, 2.75) is 25.2 Å². The first-order chi connectivity index (χ1) is 9.09. The van der Waals surface area contributed by atoms with Crippen LogP contribution >= 0.6 is 0 Å². The van der Waals surface area contributed by atoms with Crippen molar-refractivity contribution in [2.75, 3.05) is 13.2 Å². The maximum absolute atomic E-state index is 11.2. The van der Waals surface area contributed by atoms with Gasteiger partial charge in [-0.1, -0.05) is 6.07 Å². The molecule has 1 N–H and O–H groups in total. The van der Waals surface area contributed by atoms with Crippen LogP contribution in [0.1, 0.15) is 25.3 Å². The van der Waals surface area contributed by atoms with Gasteiger partial charge in [-0.2, -0.15) is 0 Å². The van der Waals surface area contributed by atoms with E-state index < -0.39 is 5.76 Å². The van der Waals surface area contributed by atoms with Crippen LogP contribution in [-0.2, 0) is 14.9 Å². The van der Waals surface area contributed by atoms with Gasteiger partial charge in [-0.3, -0.25) is 4.98 Å². The summed E-state index contributed by atoms with van der Waals surface area (Å²) >= 11 is 0. The molecule has 0 bridgehead atoms. The van der Waals surface area contributed by atoms with Crippen molar-refractivity contribution < 1.29 is 13.9 Å². The molecule has 0 spiro atoms. The van der Waals surface area contributed by atoms with Crippen LogP contribution < -0.4 is 5.76 Å². The Morgan fingerprint density at radius 2 is 2.21 bits per heavy atom. The standard InChI is InChI=1S/C14H15NO4/c1-9(16)4-5-14(7-18-8-14)10-2-3-12-11(6-10)15-13(17)19-12/h2-3,6H,4-5,7-8H2,1H3,(H,15,17). The molecule has 0 aliphatic carbocycles. The molecule has 5 nitrogen and oxygen atoms in total. The van der Waals surface area contributed by atoms with E-state index in [1.54, 1.807) is 13.0 Å². The third-order valence-electron chi connectivity index (χ3n) is 3.74. The topological polar surface area (TPSA) is 72.3 Å². The third kappa shape index (κ3) is 2.10. The first-order valence-corrected chi connectivity index (χ1v) is 6.30. The van der Waals surface area contributed by atoms with Crippen molar-refractivity contribution in [1.29, 1.82) is 0 Å². The van der Waals surface area contributed by atoms with E-state index in [0.717, 1.165) is 12.0 Å². The second kappa shape index (κ2) is 4.35. The summed E-state index contributed by atoms with van der Waals surface area (Å²) in [5, 5.41) is 0. The number of carbonyl (C=O) groups is 1. The van der Waals surface area contributed by atoms with E-state index in [4.69, 9.17) is 9.15 Å². The molecule has 2 aromatic rings. The van der Waals surface area contributed by atoms with Gasteiger partial charge in [0.25, 0.3) is 0 Å². The Hall–Kier alpha value is -1.88. The highest BCUT2D eigenvalue weighted by atomic mass is 16.5. The van der Waals surface area contributed by atoms with E-state index in [9.17, 15) is 9.59 Å². The number of hydrogen-bond acceptors (Lipinski definition) is 4. The average Bonchev–Trinajstić information content (AvgIpc) is 2.66. The van der Waals surface area contributed by atoms with Crippen LogP contribution in [0.2, 0.25) is 0 Å². The number of nitrogens with one attached hydrogen (secondary N) is 1. The van der Waals surface area contributed by atoms with Crippen molar-refractivity contribution in [3.05, 3.63) is 34.3 Å². The molecule has 5 heteroatoms. The summed E-state index contributed by atoms with van der Waals surface area (Å²) in [7, 11) is 0. The van der Waals surface area contributed by atoms with Crippen molar-refractivity contribution in [1.82, 2.24) is 4.98 Å². The number of Topliss-reactive ketones (excluding diaryl/α,β-unsaturated/α-hetero) is 1. The Morgan fingerprint density at radius 1 is 1.42 bits per heavy atom. The third-order valence-corrected chi connectivity index (χ3v) is 3.74. The van der Waals surface area contributed by atoms with E-state index in [1.807, 2.05) is 12.1 Å². The number of aromatic amines is 1. The van der Waals surface area contributed by atoms with Gasteiger partial charge in [0, 0.05) is 11.8 Å². The molecule has 0 amide bonds. The zero-order valence-electron chi connectivity index (χ0n) is 10.7. The van der Waals surface area contributed by atoms with Gasteiger partial charge in [-0.25, -0.2) is 4.79 Å². The van der Waals surface area contributed by atoms with Gasteiger partial charge in [-0.05, 0) is 31.0 Å². The second-order valence-electron chi connectivity index (χ2n) is 5.20. The molecule has 0 unspecified atom stereocenters. The van der Waals surface area contributed by atoms with Crippen molar-refractivity contribution in [2.24, 2.45) is 0 Å². The molecule has 2 heterocycles. The number of benzene rings is 1. The van der Waals surface area contributed by atoms with Crippen molar-refractivity contribution in [3.8, 4) is 0 Å². The zero-order chi connectivity index (χ0) is 13.5. The number of H-pyrrole nitrogens is 1. The van der Waals surface area contributed by atoms with E-state index in [-0.39, 0.29) is 11.2 Å². The monoisotopic (exact) mass is 261 g/mol. The molecule has 0 radical (unpaired) electrons. The molecule has 3 rings (SSSR count). The highest BCUT2D eigenvalue weighted by Crippen LogP contribution is 2.37. The van der Waals surface area contributed by atoms with Gasteiger partial charge < -0.3 is 13.9 Å². The van der Waals surface area contributed by atoms with Gasteiger partial charge >= 0.3 is 5.76 Å². The molecular formula is C14H15NO4. The summed E-state index contributed by atoms with van der Waals surface area (Å²) in [5.41, 5.74) is 2.23. The average molecular weight is 261 g/mol. The summed E-state index contributed by atoms with van der Waals surface area (Å²) in [5.74, 6) is -0.265. The quantitative estimate of drug-likeness (QED) is 0.910. The summed E-state index contributed by atoms with van der Waals surface area (Å²) < 4.78 is 10.3. The predicted octanol–water partition coefficient (Wildman–Crippen LogP) is 1.76. The van der Waals surface area contributed by atoms with E-state index in [2.05, 4.69) is 4.98 Å². The lowest BCUT2D eigenvalue weighted by Gasteiger charge is -2.42. The molecule has 1 aliphatic heterocycles. The lowest BCUT2D eigenvalue weighted by atomic mass is 9.74.